The van der Waals surface area contributed by atoms with E-state index in [-0.39, 0.29) is 12.8 Å². The third kappa shape index (κ3) is 3.03. The minimum absolute atomic E-state index is 0.118. The van der Waals surface area contributed by atoms with E-state index in [1.54, 1.807) is 0 Å². The van der Waals surface area contributed by atoms with Crippen molar-refractivity contribution in [2.45, 2.75) is 38.3 Å². The number of hydrogen-bond donors (Lipinski definition) is 1. The van der Waals surface area contributed by atoms with Gasteiger partial charge in [0.15, 0.2) is 11.5 Å². The van der Waals surface area contributed by atoms with E-state index in [9.17, 15) is 9.90 Å². The highest BCUT2D eigenvalue weighted by molar-refractivity contribution is 5.73. The van der Waals surface area contributed by atoms with Crippen molar-refractivity contribution in [3.63, 3.8) is 0 Å². The number of fused-ring (bicyclic) bond motifs is 1. The second kappa shape index (κ2) is 7.00. The molecule has 0 aliphatic carbocycles. The molecule has 26 heavy (non-hydrogen) atoms. The van der Waals surface area contributed by atoms with Gasteiger partial charge in [-0.05, 0) is 55.1 Å². The first kappa shape index (κ1) is 16.9. The lowest BCUT2D eigenvalue weighted by Gasteiger charge is -2.40. The highest BCUT2D eigenvalue weighted by atomic mass is 16.7. The Labute approximate surface area is 153 Å². The van der Waals surface area contributed by atoms with Crippen LogP contribution in [-0.4, -0.2) is 35.4 Å². The molecule has 1 N–H and O–H groups in total. The average molecular weight is 353 g/mol. The molecule has 2 aliphatic rings. The maximum Gasteiger partial charge on any atom is 0.320 e. The highest BCUT2D eigenvalue weighted by Gasteiger charge is 2.36. The van der Waals surface area contributed by atoms with Crippen molar-refractivity contribution in [2.24, 2.45) is 0 Å². The fourth-order valence-electron chi connectivity index (χ4n) is 4.05. The van der Waals surface area contributed by atoms with Crippen LogP contribution in [0.3, 0.4) is 0 Å². The lowest BCUT2D eigenvalue weighted by molar-refractivity contribution is -0.145. The standard InChI is InChI=1S/C21H23NO4/c1-14-6-2-3-7-16(14)20(22-11-5-4-8-17(22)21(23)24)15-9-10-18-19(12-15)26-13-25-18/h2-3,6-7,9-10,12,17,20H,4-5,8,11,13H2,1H3,(H,23,24). The summed E-state index contributed by atoms with van der Waals surface area (Å²) in [5, 5.41) is 9.79. The molecule has 2 aromatic carbocycles. The first-order valence-corrected chi connectivity index (χ1v) is 9.09. The zero-order chi connectivity index (χ0) is 18.1. The van der Waals surface area contributed by atoms with E-state index < -0.39 is 12.0 Å². The average Bonchev–Trinajstić information content (AvgIpc) is 3.12. The first-order chi connectivity index (χ1) is 12.6. The molecule has 0 spiro atoms. The maximum absolute atomic E-state index is 11.9. The summed E-state index contributed by atoms with van der Waals surface area (Å²) in [6.07, 6.45) is 2.65. The van der Waals surface area contributed by atoms with Gasteiger partial charge in [-0.25, -0.2) is 0 Å². The Bertz CT molecular complexity index is 819. The minimum atomic E-state index is -0.746. The van der Waals surface area contributed by atoms with Gasteiger partial charge >= 0.3 is 5.97 Å². The summed E-state index contributed by atoms with van der Waals surface area (Å²) in [6.45, 7) is 3.08. The first-order valence-electron chi connectivity index (χ1n) is 9.09. The smallest absolute Gasteiger partial charge is 0.320 e. The molecule has 2 atom stereocenters. The number of aryl methyl sites for hydroxylation is 1. The number of hydrogen-bond acceptors (Lipinski definition) is 4. The topological polar surface area (TPSA) is 59.0 Å². The van der Waals surface area contributed by atoms with Crippen LogP contribution in [0.2, 0.25) is 0 Å². The Hall–Kier alpha value is -2.53. The van der Waals surface area contributed by atoms with Gasteiger partial charge in [-0.1, -0.05) is 36.8 Å². The molecule has 0 bridgehead atoms. The van der Waals surface area contributed by atoms with E-state index in [4.69, 9.17) is 9.47 Å². The van der Waals surface area contributed by atoms with E-state index >= 15 is 0 Å². The summed E-state index contributed by atoms with van der Waals surface area (Å²) in [6, 6.07) is 13.6. The lowest BCUT2D eigenvalue weighted by atomic mass is 9.89. The molecule has 1 saturated heterocycles. The number of piperidine rings is 1. The summed E-state index contributed by atoms with van der Waals surface area (Å²) in [7, 11) is 0. The molecule has 0 amide bonds. The summed E-state index contributed by atoms with van der Waals surface area (Å²) >= 11 is 0. The van der Waals surface area contributed by atoms with Gasteiger partial charge in [-0.15, -0.1) is 0 Å². The van der Waals surface area contributed by atoms with Crippen LogP contribution in [0.5, 0.6) is 11.5 Å². The second-order valence-corrected chi connectivity index (χ2v) is 6.96. The van der Waals surface area contributed by atoms with E-state index in [0.717, 1.165) is 47.6 Å². The number of likely N-dealkylation sites (tertiary alicyclic amines) is 1. The van der Waals surface area contributed by atoms with Crippen molar-refractivity contribution in [3.05, 3.63) is 59.2 Å². The van der Waals surface area contributed by atoms with Gasteiger partial charge in [0.25, 0.3) is 0 Å². The SMILES string of the molecule is Cc1ccccc1C(c1ccc2c(c1)OCO2)N1CCCCC1C(=O)O. The van der Waals surface area contributed by atoms with E-state index in [2.05, 4.69) is 24.0 Å². The van der Waals surface area contributed by atoms with Gasteiger partial charge in [-0.3, -0.25) is 9.69 Å². The summed E-state index contributed by atoms with van der Waals surface area (Å²) in [4.78, 5) is 14.0. The molecule has 2 heterocycles. The Kier molecular flexibility index (Phi) is 4.55. The van der Waals surface area contributed by atoms with Crippen molar-refractivity contribution in [3.8, 4) is 11.5 Å². The van der Waals surface area contributed by atoms with Crippen LogP contribution in [0.1, 0.15) is 42.0 Å². The molecule has 0 radical (unpaired) electrons. The van der Waals surface area contributed by atoms with Crippen LogP contribution in [-0.2, 0) is 4.79 Å². The van der Waals surface area contributed by atoms with E-state index in [1.807, 2.05) is 30.3 Å². The molecular weight excluding hydrogens is 330 g/mol. The zero-order valence-corrected chi connectivity index (χ0v) is 14.9. The van der Waals surface area contributed by atoms with Crippen molar-refractivity contribution in [1.29, 1.82) is 0 Å². The normalized spacial score (nSPS) is 20.7. The van der Waals surface area contributed by atoms with Crippen LogP contribution in [0.15, 0.2) is 42.5 Å². The van der Waals surface area contributed by atoms with E-state index in [1.165, 1.54) is 0 Å². The molecule has 2 unspecified atom stereocenters. The van der Waals surface area contributed by atoms with Crippen molar-refractivity contribution >= 4 is 5.97 Å². The van der Waals surface area contributed by atoms with Crippen molar-refractivity contribution in [1.82, 2.24) is 4.90 Å². The lowest BCUT2D eigenvalue weighted by Crippen LogP contribution is -2.47. The van der Waals surface area contributed by atoms with Gasteiger partial charge in [0.2, 0.25) is 6.79 Å². The Balaban J connectivity index is 1.82. The fourth-order valence-corrected chi connectivity index (χ4v) is 4.05. The van der Waals surface area contributed by atoms with Crippen LogP contribution in [0.25, 0.3) is 0 Å². The number of carboxylic acid groups (broad SMARTS) is 1. The third-order valence-corrected chi connectivity index (χ3v) is 5.36. The molecule has 0 saturated carbocycles. The zero-order valence-electron chi connectivity index (χ0n) is 14.9. The largest absolute Gasteiger partial charge is 0.480 e. The number of carboxylic acids is 1. The Morgan fingerprint density at radius 1 is 1.15 bits per heavy atom. The molecule has 5 heteroatoms. The molecule has 4 rings (SSSR count). The number of aliphatic carboxylic acids is 1. The summed E-state index contributed by atoms with van der Waals surface area (Å²) < 4.78 is 11.0. The maximum atomic E-state index is 11.9. The monoisotopic (exact) mass is 353 g/mol. The summed E-state index contributed by atoms with van der Waals surface area (Å²) in [5.74, 6) is 0.722. The Morgan fingerprint density at radius 2 is 1.96 bits per heavy atom. The highest BCUT2D eigenvalue weighted by Crippen LogP contribution is 2.40. The number of ether oxygens (including phenoxy) is 2. The summed E-state index contributed by atoms with van der Waals surface area (Å²) in [5.41, 5.74) is 3.33. The van der Waals surface area contributed by atoms with Crippen LogP contribution in [0.4, 0.5) is 0 Å². The predicted molar refractivity (Wildman–Crippen MR) is 97.6 cm³/mol. The minimum Gasteiger partial charge on any atom is -0.480 e. The van der Waals surface area contributed by atoms with Gasteiger partial charge < -0.3 is 14.6 Å². The molecule has 2 aromatic rings. The molecule has 1 fully saturated rings. The second-order valence-electron chi connectivity index (χ2n) is 6.96. The molecule has 0 aromatic heterocycles. The third-order valence-electron chi connectivity index (χ3n) is 5.36. The van der Waals surface area contributed by atoms with Gasteiger partial charge in [0.1, 0.15) is 6.04 Å². The molecule has 2 aliphatic heterocycles. The Morgan fingerprint density at radius 3 is 2.77 bits per heavy atom. The van der Waals surface area contributed by atoms with Crippen LogP contribution >= 0.6 is 0 Å². The van der Waals surface area contributed by atoms with E-state index in [0.29, 0.717) is 6.42 Å². The van der Waals surface area contributed by atoms with Crippen molar-refractivity contribution in [2.75, 3.05) is 13.3 Å². The number of carbonyl (C=O) groups is 1. The van der Waals surface area contributed by atoms with Crippen molar-refractivity contribution < 1.29 is 19.4 Å². The van der Waals surface area contributed by atoms with Gasteiger partial charge in [-0.2, -0.15) is 0 Å². The quantitative estimate of drug-likeness (QED) is 0.907. The fraction of sp³-hybridized carbons (Fsp3) is 0.381. The number of rotatable bonds is 4. The number of nitrogens with zero attached hydrogens (tertiary/aromatic N) is 1. The number of benzene rings is 2. The van der Waals surface area contributed by atoms with Gasteiger partial charge in [0, 0.05) is 0 Å². The predicted octanol–water partition coefficient (Wildman–Crippen LogP) is 3.75. The molecule has 5 nitrogen and oxygen atoms in total. The molecular formula is C21H23NO4. The van der Waals surface area contributed by atoms with Gasteiger partial charge in [0.05, 0.1) is 6.04 Å². The van der Waals surface area contributed by atoms with Crippen LogP contribution in [0, 0.1) is 6.92 Å². The molecule has 136 valence electrons. The van der Waals surface area contributed by atoms with Crippen LogP contribution < -0.4 is 9.47 Å².